The Balaban J connectivity index is 1.28. The summed E-state index contributed by atoms with van der Waals surface area (Å²) in [5.74, 6) is -1.85. The molecule has 0 amide bonds. The third-order valence-corrected chi connectivity index (χ3v) is 14.0. The second kappa shape index (κ2) is 9.99. The van der Waals surface area contributed by atoms with Crippen molar-refractivity contribution in [2.75, 3.05) is 41.3 Å². The van der Waals surface area contributed by atoms with Crippen LogP contribution in [0.1, 0.15) is 65.2 Å². The minimum Gasteiger partial charge on any atom is -0.461 e. The summed E-state index contributed by atoms with van der Waals surface area (Å²) < 4.78 is 27.4. The molecule has 4 unspecified atom stereocenters. The highest BCUT2D eigenvalue weighted by Gasteiger charge is 2.88. The number of carbonyl (C=O) groups is 3. The summed E-state index contributed by atoms with van der Waals surface area (Å²) in [6.07, 6.45) is 4.85. The quantitative estimate of drug-likeness (QED) is 0.335. The van der Waals surface area contributed by atoms with Gasteiger partial charge >= 0.3 is 11.9 Å². The predicted molar refractivity (Wildman–Crippen MR) is 169 cm³/mol. The van der Waals surface area contributed by atoms with Gasteiger partial charge in [-0.15, -0.1) is 0 Å². The van der Waals surface area contributed by atoms with Crippen molar-refractivity contribution in [3.63, 3.8) is 0 Å². The van der Waals surface area contributed by atoms with E-state index < -0.39 is 22.4 Å². The monoisotopic (exact) mass is 636 g/mol. The van der Waals surface area contributed by atoms with E-state index in [1.165, 1.54) is 0 Å². The molecule has 0 aromatic heterocycles. The summed E-state index contributed by atoms with van der Waals surface area (Å²) in [4.78, 5) is 46.3. The zero-order chi connectivity index (χ0) is 32.7. The molecule has 0 N–H and O–H groups in total. The Kier molecular flexibility index (Phi) is 6.78. The van der Waals surface area contributed by atoms with Crippen LogP contribution in [0.3, 0.4) is 0 Å². The molecule has 5 saturated carbocycles. The van der Waals surface area contributed by atoms with E-state index in [1.54, 1.807) is 0 Å². The Morgan fingerprint density at radius 1 is 0.761 bits per heavy atom. The van der Waals surface area contributed by atoms with E-state index >= 15 is 4.79 Å². The predicted octanol–water partition coefficient (Wildman–Crippen LogP) is 4.01. The van der Waals surface area contributed by atoms with E-state index in [0.717, 1.165) is 36.8 Å². The number of allylic oxidation sites excluding steroid dienone is 2. The molecule has 8 aliphatic rings. The lowest BCUT2D eigenvalue weighted by Gasteiger charge is -2.48. The maximum Gasteiger partial charge on any atom is 0.310 e. The average molecular weight is 637 g/mol. The van der Waals surface area contributed by atoms with E-state index in [4.69, 9.17) is 18.9 Å². The molecular formula is C37H52N2O7. The van der Waals surface area contributed by atoms with E-state index in [0.29, 0.717) is 38.8 Å². The molecule has 3 aliphatic heterocycles. The number of hydrogen-bond acceptors (Lipinski definition) is 9. The van der Waals surface area contributed by atoms with Crippen LogP contribution < -0.4 is 0 Å². The molecule has 9 nitrogen and oxygen atoms in total. The van der Waals surface area contributed by atoms with Gasteiger partial charge in [-0.3, -0.25) is 14.4 Å². The average Bonchev–Trinajstić information content (AvgIpc) is 3.67. The summed E-state index contributed by atoms with van der Waals surface area (Å²) >= 11 is 0. The number of fused-ring (bicyclic) bond motifs is 7. The number of Topliss-reactive ketones (excluding diaryl/α,β-unsaturated/α-hetero) is 1. The fraction of sp³-hybridized carbons (Fsp3) is 0.811. The normalized spacial score (nSPS) is 50.2. The molecule has 0 aromatic rings. The molecular weight excluding hydrogens is 584 g/mol. The highest BCUT2D eigenvalue weighted by atomic mass is 16.8. The van der Waals surface area contributed by atoms with Crippen molar-refractivity contribution < 1.29 is 33.3 Å². The van der Waals surface area contributed by atoms with Gasteiger partial charge in [0.15, 0.2) is 5.79 Å². The molecule has 46 heavy (non-hydrogen) atoms. The van der Waals surface area contributed by atoms with Crippen LogP contribution in [0.2, 0.25) is 0 Å². The number of hydrogen-bond donors (Lipinski definition) is 0. The molecule has 1 spiro atoms. The summed E-state index contributed by atoms with van der Waals surface area (Å²) in [6, 6.07) is 0. The van der Waals surface area contributed by atoms with E-state index in [-0.39, 0.29) is 77.3 Å². The van der Waals surface area contributed by atoms with Crippen molar-refractivity contribution in [3.8, 4) is 0 Å². The number of carbonyl (C=O) groups excluding carboxylic acids is 3. The van der Waals surface area contributed by atoms with Gasteiger partial charge in [-0.1, -0.05) is 24.3 Å². The van der Waals surface area contributed by atoms with Crippen molar-refractivity contribution in [1.82, 2.24) is 9.80 Å². The molecule has 0 bridgehead atoms. The van der Waals surface area contributed by atoms with E-state index in [2.05, 4.69) is 23.0 Å². The Bertz CT molecular complexity index is 1410. The van der Waals surface area contributed by atoms with Crippen LogP contribution in [0, 0.1) is 52.8 Å². The van der Waals surface area contributed by atoms with Crippen LogP contribution in [0.4, 0.5) is 0 Å². The van der Waals surface area contributed by atoms with Crippen molar-refractivity contribution in [2.45, 2.75) is 94.4 Å². The van der Waals surface area contributed by atoms with Gasteiger partial charge in [0.05, 0.1) is 17.3 Å². The standard InChI is InChI=1S/C37H52N2O7/c1-19-9-11-21-25(17-38(5)6)32(41)43-30(21)28-23(19)15-27(40)35(28)13-14-36-29-24(16-37(35,36)46-34(3,4)45-36)20(2)10-12-22-26(18-39(7)8)33(42)44-31(22)29/h21-26,28-31H,1-2,9-18H2,3-8H3/t21-,22-,23?,24-,25?,26?,28?,29-,30-,31-,35+,36-,37-/m0/s1. The van der Waals surface area contributed by atoms with Gasteiger partial charge in [0, 0.05) is 43.2 Å². The largest absolute Gasteiger partial charge is 0.461 e. The van der Waals surface area contributed by atoms with Gasteiger partial charge in [-0.2, -0.15) is 0 Å². The summed E-state index contributed by atoms with van der Waals surface area (Å²) in [5, 5.41) is 0. The van der Waals surface area contributed by atoms with Crippen molar-refractivity contribution in [2.24, 2.45) is 52.8 Å². The van der Waals surface area contributed by atoms with Crippen LogP contribution in [0.15, 0.2) is 24.3 Å². The fourth-order valence-corrected chi connectivity index (χ4v) is 12.8. The molecule has 13 atom stereocenters. The number of nitrogens with zero attached hydrogens (tertiary/aromatic N) is 2. The van der Waals surface area contributed by atoms with E-state index in [1.807, 2.05) is 42.0 Å². The minimum atomic E-state index is -0.951. The van der Waals surface area contributed by atoms with Crippen LogP contribution >= 0.6 is 0 Å². The number of ketones is 1. The smallest absolute Gasteiger partial charge is 0.310 e. The Hall–Kier alpha value is -2.07. The van der Waals surface area contributed by atoms with Crippen molar-refractivity contribution in [3.05, 3.63) is 24.3 Å². The Morgan fingerprint density at radius 3 is 1.87 bits per heavy atom. The van der Waals surface area contributed by atoms with Gasteiger partial charge in [0.2, 0.25) is 0 Å². The SMILES string of the molecule is C=C1CC[C@H]2C(CN(C)C)C(=O)O[C@@H]2C2C1CC(=O)[C@]21CC[C@@]23OC(C)(C)O[C@]21C[C@H]1C(=C)CC[C@H]2C(CN(C)C)C(=O)O[C@@H]2[C@H]13. The van der Waals surface area contributed by atoms with Gasteiger partial charge in [-0.05, 0) is 98.8 Å². The first kappa shape index (κ1) is 31.2. The summed E-state index contributed by atoms with van der Waals surface area (Å²) in [7, 11) is 8.00. The Labute approximate surface area is 273 Å². The van der Waals surface area contributed by atoms with Crippen LogP contribution in [0.5, 0.6) is 0 Å². The second-order valence-electron chi connectivity index (χ2n) is 17.1. The lowest BCUT2D eigenvalue weighted by Crippen LogP contribution is -2.62. The molecule has 0 radical (unpaired) electrons. The lowest BCUT2D eigenvalue weighted by molar-refractivity contribution is -0.218. The third-order valence-electron chi connectivity index (χ3n) is 14.0. The zero-order valence-corrected chi connectivity index (χ0v) is 28.5. The molecule has 3 heterocycles. The van der Waals surface area contributed by atoms with Crippen LogP contribution in [0.25, 0.3) is 0 Å². The first-order valence-corrected chi connectivity index (χ1v) is 17.7. The molecule has 0 aromatic carbocycles. The molecule has 8 fully saturated rings. The number of rotatable bonds is 4. The van der Waals surface area contributed by atoms with Crippen molar-refractivity contribution in [1.29, 1.82) is 0 Å². The van der Waals surface area contributed by atoms with E-state index in [9.17, 15) is 9.59 Å². The lowest BCUT2D eigenvalue weighted by atomic mass is 9.59. The minimum absolute atomic E-state index is 0.00146. The zero-order valence-electron chi connectivity index (χ0n) is 28.5. The van der Waals surface area contributed by atoms with Gasteiger partial charge in [0.1, 0.15) is 29.2 Å². The maximum absolute atomic E-state index is 15.0. The number of ether oxygens (including phenoxy) is 4. The van der Waals surface area contributed by atoms with Crippen LogP contribution in [-0.2, 0) is 33.3 Å². The molecule has 9 heteroatoms. The van der Waals surface area contributed by atoms with Gasteiger partial charge < -0.3 is 28.7 Å². The summed E-state index contributed by atoms with van der Waals surface area (Å²) in [6.45, 7) is 14.4. The van der Waals surface area contributed by atoms with Gasteiger partial charge in [0.25, 0.3) is 0 Å². The number of esters is 2. The molecule has 8 rings (SSSR count). The Morgan fingerprint density at radius 2 is 1.30 bits per heavy atom. The first-order valence-electron chi connectivity index (χ1n) is 17.7. The molecule has 5 aliphatic carbocycles. The van der Waals surface area contributed by atoms with Crippen molar-refractivity contribution >= 4 is 17.7 Å². The molecule has 252 valence electrons. The fourth-order valence-electron chi connectivity index (χ4n) is 12.8. The van der Waals surface area contributed by atoms with Gasteiger partial charge in [-0.25, -0.2) is 0 Å². The summed E-state index contributed by atoms with van der Waals surface area (Å²) in [5.41, 5.74) is -0.429. The maximum atomic E-state index is 15.0. The first-order chi connectivity index (χ1) is 21.7. The van der Waals surface area contributed by atoms with Crippen LogP contribution in [-0.4, -0.2) is 98.0 Å². The highest BCUT2D eigenvalue weighted by molar-refractivity contribution is 5.91. The topological polar surface area (TPSA) is 94.6 Å². The third kappa shape index (κ3) is 3.80. The molecule has 3 saturated heterocycles. The highest BCUT2D eigenvalue weighted by Crippen LogP contribution is 2.79. The second-order valence-corrected chi connectivity index (χ2v) is 17.1.